The summed E-state index contributed by atoms with van der Waals surface area (Å²) >= 11 is 0. The van der Waals surface area contributed by atoms with E-state index in [2.05, 4.69) is 10.4 Å². The maximum Gasteiger partial charge on any atom is 0.329 e. The third-order valence-electron chi connectivity index (χ3n) is 4.80. The van der Waals surface area contributed by atoms with Gasteiger partial charge in [-0.05, 0) is 43.3 Å². The van der Waals surface area contributed by atoms with Crippen LogP contribution in [0.3, 0.4) is 0 Å². The third-order valence-corrected chi connectivity index (χ3v) is 4.80. The van der Waals surface area contributed by atoms with E-state index in [4.69, 9.17) is 0 Å². The van der Waals surface area contributed by atoms with Crippen LogP contribution >= 0.6 is 0 Å². The Balaban J connectivity index is 1.64. The molecule has 31 heavy (non-hydrogen) atoms. The van der Waals surface area contributed by atoms with Gasteiger partial charge in [0, 0.05) is 17.3 Å². The molecule has 1 aliphatic heterocycles. The Labute approximate surface area is 173 Å². The van der Waals surface area contributed by atoms with Gasteiger partial charge < -0.3 is 5.32 Å². The Hall–Kier alpha value is -4.08. The lowest BCUT2D eigenvalue weighted by Crippen LogP contribution is -2.30. The van der Waals surface area contributed by atoms with Crippen molar-refractivity contribution in [1.82, 2.24) is 20.0 Å². The molecule has 0 atom stereocenters. The molecule has 1 fully saturated rings. The van der Waals surface area contributed by atoms with Gasteiger partial charge in [-0.25, -0.2) is 22.6 Å². The lowest BCUT2D eigenvalue weighted by Gasteiger charge is -2.12. The van der Waals surface area contributed by atoms with Gasteiger partial charge in [0.05, 0.1) is 17.8 Å². The van der Waals surface area contributed by atoms with E-state index in [1.54, 1.807) is 6.92 Å². The van der Waals surface area contributed by atoms with Gasteiger partial charge in [-0.2, -0.15) is 0 Å². The van der Waals surface area contributed by atoms with Gasteiger partial charge in [-0.1, -0.05) is 6.07 Å². The summed E-state index contributed by atoms with van der Waals surface area (Å²) in [5.74, 6) is -2.89. The zero-order valence-corrected chi connectivity index (χ0v) is 16.1. The van der Waals surface area contributed by atoms with E-state index in [1.807, 2.05) is 0 Å². The van der Waals surface area contributed by atoms with Crippen LogP contribution in [0.15, 0.2) is 53.0 Å². The Kier molecular flexibility index (Phi) is 4.97. The fourth-order valence-corrected chi connectivity index (χ4v) is 3.18. The van der Waals surface area contributed by atoms with Crippen LogP contribution < -0.4 is 10.9 Å². The molecule has 0 spiro atoms. The normalized spacial score (nSPS) is 15.1. The van der Waals surface area contributed by atoms with Crippen molar-refractivity contribution in [2.24, 2.45) is 0 Å². The van der Waals surface area contributed by atoms with E-state index < -0.39 is 41.5 Å². The maximum atomic E-state index is 13.9. The molecule has 7 nitrogen and oxygen atoms in total. The molecule has 3 aromatic rings. The summed E-state index contributed by atoms with van der Waals surface area (Å²) in [7, 11) is 0. The minimum Gasteiger partial charge on any atom is -0.303 e. The van der Waals surface area contributed by atoms with Crippen LogP contribution in [0.2, 0.25) is 0 Å². The topological polar surface area (TPSA) is 87.2 Å². The van der Waals surface area contributed by atoms with Crippen molar-refractivity contribution < 1.29 is 22.8 Å². The van der Waals surface area contributed by atoms with Crippen molar-refractivity contribution in [1.29, 1.82) is 0 Å². The lowest BCUT2D eigenvalue weighted by molar-refractivity contribution is -0.123. The fraction of sp³-hybridized carbons (Fsp3) is 0.0952. The van der Waals surface area contributed by atoms with Crippen LogP contribution in [-0.4, -0.2) is 26.6 Å². The number of aromatic nitrogens is 2. The van der Waals surface area contributed by atoms with Crippen LogP contribution in [0.25, 0.3) is 11.8 Å². The smallest absolute Gasteiger partial charge is 0.303 e. The van der Waals surface area contributed by atoms with Crippen LogP contribution in [0.1, 0.15) is 16.8 Å². The van der Waals surface area contributed by atoms with Crippen LogP contribution in [0.4, 0.5) is 18.0 Å². The minimum atomic E-state index is -0.887. The molecular weight excluding hydrogens is 413 g/mol. The summed E-state index contributed by atoms with van der Waals surface area (Å²) in [6.45, 7) is 1.20. The quantitative estimate of drug-likeness (QED) is 0.495. The number of H-pyrrole nitrogens is 1. The molecule has 0 radical (unpaired) electrons. The van der Waals surface area contributed by atoms with E-state index in [0.717, 1.165) is 17.0 Å². The number of aryl methyl sites for hydroxylation is 1. The highest BCUT2D eigenvalue weighted by atomic mass is 19.1. The number of carbonyl (C=O) groups excluding carboxylic acids is 2. The van der Waals surface area contributed by atoms with E-state index in [9.17, 15) is 27.6 Å². The summed E-state index contributed by atoms with van der Waals surface area (Å²) in [6.07, 6.45) is 1.22. The predicted octanol–water partition coefficient (Wildman–Crippen LogP) is 2.98. The largest absolute Gasteiger partial charge is 0.329 e. The summed E-state index contributed by atoms with van der Waals surface area (Å²) < 4.78 is 41.3. The molecular formula is C21H15F3N4O3. The molecule has 0 bridgehead atoms. The van der Waals surface area contributed by atoms with Crippen molar-refractivity contribution in [2.45, 2.75) is 13.5 Å². The maximum absolute atomic E-state index is 13.9. The standard InChI is InChI=1S/C21H15F3N4O3/c1-11-16(19(29)28(26-11)15-6-4-13(22)5-7-15)9-18-20(30)27(21(31)25-18)10-12-2-3-14(23)8-17(12)24/h2-9,26H,10H2,1H3,(H,25,31)/b18-9-. The van der Waals surface area contributed by atoms with Crippen molar-refractivity contribution in [2.75, 3.05) is 0 Å². The molecule has 0 saturated carbocycles. The van der Waals surface area contributed by atoms with Crippen molar-refractivity contribution in [3.05, 3.63) is 92.8 Å². The monoisotopic (exact) mass is 428 g/mol. The molecule has 1 saturated heterocycles. The second-order valence-electron chi connectivity index (χ2n) is 6.88. The van der Waals surface area contributed by atoms with E-state index in [1.165, 1.54) is 35.0 Å². The van der Waals surface area contributed by atoms with Crippen LogP contribution in [-0.2, 0) is 11.3 Å². The molecule has 1 aliphatic rings. The number of amides is 3. The number of rotatable bonds is 4. The first-order chi connectivity index (χ1) is 14.7. The average molecular weight is 428 g/mol. The molecule has 0 aliphatic carbocycles. The Bertz CT molecular complexity index is 1290. The molecule has 1 aromatic heterocycles. The molecule has 2 N–H and O–H groups in total. The van der Waals surface area contributed by atoms with Crippen LogP contribution in [0, 0.1) is 24.4 Å². The first kappa shape index (κ1) is 20.2. The lowest BCUT2D eigenvalue weighted by atomic mass is 10.2. The highest BCUT2D eigenvalue weighted by Crippen LogP contribution is 2.19. The number of hydrogen-bond donors (Lipinski definition) is 2. The van der Waals surface area contributed by atoms with E-state index in [0.29, 0.717) is 17.4 Å². The molecule has 2 heterocycles. The zero-order valence-electron chi connectivity index (χ0n) is 16.1. The highest BCUT2D eigenvalue weighted by Gasteiger charge is 2.34. The summed E-state index contributed by atoms with van der Waals surface area (Å²) in [6, 6.07) is 7.24. The number of imide groups is 1. The second kappa shape index (κ2) is 7.63. The Morgan fingerprint density at radius 3 is 2.32 bits per heavy atom. The number of urea groups is 1. The van der Waals surface area contributed by atoms with Gasteiger partial charge in [-0.3, -0.25) is 19.6 Å². The fourth-order valence-electron chi connectivity index (χ4n) is 3.18. The number of carbonyl (C=O) groups is 2. The highest BCUT2D eigenvalue weighted by molar-refractivity contribution is 6.13. The minimum absolute atomic E-state index is 0.0392. The van der Waals surface area contributed by atoms with E-state index in [-0.39, 0.29) is 16.8 Å². The summed E-state index contributed by atoms with van der Waals surface area (Å²) in [5, 5.41) is 5.18. The summed E-state index contributed by atoms with van der Waals surface area (Å²) in [4.78, 5) is 38.4. The number of benzene rings is 2. The van der Waals surface area contributed by atoms with Crippen molar-refractivity contribution in [3.8, 4) is 5.69 Å². The average Bonchev–Trinajstić information content (AvgIpc) is 3.15. The number of nitrogens with zero attached hydrogens (tertiary/aromatic N) is 2. The number of hydrogen-bond acceptors (Lipinski definition) is 3. The Morgan fingerprint density at radius 1 is 0.968 bits per heavy atom. The molecule has 4 rings (SSSR count). The SMILES string of the molecule is Cc1[nH]n(-c2ccc(F)cc2)c(=O)c1/C=C1\NC(=O)N(Cc2ccc(F)cc2F)C1=O. The predicted molar refractivity (Wildman–Crippen MR) is 105 cm³/mol. The first-order valence-electron chi connectivity index (χ1n) is 9.10. The van der Waals surface area contributed by atoms with E-state index >= 15 is 0 Å². The number of nitrogens with one attached hydrogen (secondary N) is 2. The number of aromatic amines is 1. The summed E-state index contributed by atoms with van der Waals surface area (Å²) in [5.41, 5.74) is 0.186. The number of halogens is 3. The molecule has 158 valence electrons. The Morgan fingerprint density at radius 2 is 1.65 bits per heavy atom. The van der Waals surface area contributed by atoms with Gasteiger partial charge in [0.15, 0.2) is 0 Å². The first-order valence-corrected chi connectivity index (χ1v) is 9.10. The van der Waals surface area contributed by atoms with Crippen molar-refractivity contribution in [3.63, 3.8) is 0 Å². The molecule has 0 unspecified atom stereocenters. The van der Waals surface area contributed by atoms with Crippen molar-refractivity contribution >= 4 is 18.0 Å². The van der Waals surface area contributed by atoms with Crippen LogP contribution in [0.5, 0.6) is 0 Å². The van der Waals surface area contributed by atoms with Gasteiger partial charge in [0.25, 0.3) is 11.5 Å². The van der Waals surface area contributed by atoms with Gasteiger partial charge in [0.2, 0.25) is 0 Å². The molecule has 3 amide bonds. The van der Waals surface area contributed by atoms with Gasteiger partial charge in [0.1, 0.15) is 23.1 Å². The van der Waals surface area contributed by atoms with Gasteiger partial charge in [-0.15, -0.1) is 0 Å². The molecule has 2 aromatic carbocycles. The molecule has 10 heteroatoms. The third kappa shape index (κ3) is 3.75. The second-order valence-corrected chi connectivity index (χ2v) is 6.88. The zero-order chi connectivity index (χ0) is 22.3. The van der Waals surface area contributed by atoms with Gasteiger partial charge >= 0.3 is 6.03 Å².